The monoisotopic (exact) mass is 1130 g/mol. The molecular formula is C60H50CaCl2N2O10S2. The van der Waals surface area contributed by atoms with Gasteiger partial charge in [-0.3, -0.25) is 10.6 Å². The molecule has 2 heterocycles. The van der Waals surface area contributed by atoms with E-state index >= 15 is 0 Å². The van der Waals surface area contributed by atoms with Crippen LogP contribution in [0.2, 0.25) is 8.67 Å². The normalized spacial score (nSPS) is 14.2. The van der Waals surface area contributed by atoms with E-state index in [9.17, 15) is 29.4 Å². The quantitative estimate of drug-likeness (QED) is 0.0886. The molecule has 12 nitrogen and oxygen atoms in total. The summed E-state index contributed by atoms with van der Waals surface area (Å²) in [4.78, 5) is 50.0. The molecule has 0 spiro atoms. The van der Waals surface area contributed by atoms with Crippen LogP contribution >= 0.6 is 45.9 Å². The molecule has 2 aliphatic rings. The van der Waals surface area contributed by atoms with Gasteiger partial charge in [-0.25, -0.2) is 9.59 Å². The number of hydrogen-bond acceptors (Lipinski definition) is 12. The summed E-state index contributed by atoms with van der Waals surface area (Å²) in [5.74, 6) is -0.784. The molecule has 2 amide bonds. The number of methoxy groups -OCH3 is 2. The van der Waals surface area contributed by atoms with Crippen molar-refractivity contribution >= 4 is 119 Å². The molecule has 0 bridgehead atoms. The predicted molar refractivity (Wildman–Crippen MR) is 301 cm³/mol. The standard InChI is InChI=1S/2C30H26ClNO5S.Ca/c2*1-18(19-6-4-3-5-7-19)37-29(35)32-24-17-26(31)38-27(24)21-10-13-23(25(16-21)36-2)20-8-11-22(12-9-20)30(14-15-30)28(33)34;/h2*3-13,16-18H,14-15H2,1-2H3,(H,32,35)(H,33,34);/q;;+2/p-2/t2*18-;/m11./s1. The summed E-state index contributed by atoms with van der Waals surface area (Å²) in [7, 11) is 3.18. The number of ether oxygens (including phenoxy) is 4. The Balaban J connectivity index is 0.000000201. The van der Waals surface area contributed by atoms with E-state index in [1.165, 1.54) is 22.7 Å². The zero-order valence-electron chi connectivity index (χ0n) is 42.4. The molecule has 2 fully saturated rings. The number of benzene rings is 6. The second-order valence-electron chi connectivity index (χ2n) is 18.5. The van der Waals surface area contributed by atoms with Crippen molar-refractivity contribution in [3.05, 3.63) is 189 Å². The van der Waals surface area contributed by atoms with E-state index in [2.05, 4.69) is 10.6 Å². The molecule has 0 aliphatic heterocycles. The van der Waals surface area contributed by atoms with E-state index in [0.717, 1.165) is 65.4 Å². The van der Waals surface area contributed by atoms with Gasteiger partial charge in [0.05, 0.1) is 56.0 Å². The first kappa shape index (κ1) is 56.8. The van der Waals surface area contributed by atoms with Gasteiger partial charge in [0, 0.05) is 22.0 Å². The summed E-state index contributed by atoms with van der Waals surface area (Å²) in [6.07, 6.45) is 0.422. The number of halogens is 2. The number of aliphatic carboxylic acids is 2. The molecule has 8 aromatic rings. The third-order valence-corrected chi connectivity index (χ3v) is 16.3. The number of anilines is 2. The molecule has 388 valence electrons. The number of carboxylic acid groups (broad SMARTS) is 2. The van der Waals surface area contributed by atoms with Crippen molar-refractivity contribution in [2.75, 3.05) is 24.9 Å². The van der Waals surface area contributed by atoms with Crippen molar-refractivity contribution in [3.8, 4) is 54.6 Å². The number of carboxylic acids is 2. The van der Waals surface area contributed by atoms with Crippen molar-refractivity contribution in [2.24, 2.45) is 0 Å². The van der Waals surface area contributed by atoms with Crippen LogP contribution in [0.15, 0.2) is 158 Å². The van der Waals surface area contributed by atoms with E-state index in [0.29, 0.717) is 57.2 Å². The van der Waals surface area contributed by atoms with Crippen molar-refractivity contribution in [1.29, 1.82) is 0 Å². The number of thiophene rings is 2. The summed E-state index contributed by atoms with van der Waals surface area (Å²) in [6.45, 7) is 3.63. The van der Waals surface area contributed by atoms with Gasteiger partial charge < -0.3 is 38.7 Å². The summed E-state index contributed by atoms with van der Waals surface area (Å²) >= 11 is 15.3. The van der Waals surface area contributed by atoms with Crippen molar-refractivity contribution in [1.82, 2.24) is 0 Å². The van der Waals surface area contributed by atoms with Gasteiger partial charge in [-0.1, -0.05) is 157 Å². The molecule has 2 saturated carbocycles. The molecule has 6 aromatic carbocycles. The number of carbonyl (C=O) groups excluding carboxylic acids is 4. The minimum Gasteiger partial charge on any atom is -0.549 e. The fraction of sp³-hybridized carbons (Fsp3) is 0.200. The minimum atomic E-state index is -1.02. The maximum absolute atomic E-state index is 12.7. The smallest absolute Gasteiger partial charge is 0.549 e. The van der Waals surface area contributed by atoms with Gasteiger partial charge in [0.1, 0.15) is 23.7 Å². The summed E-state index contributed by atoms with van der Waals surface area (Å²) in [5, 5.41) is 28.7. The zero-order valence-corrected chi connectivity index (χ0v) is 47.7. The molecule has 0 radical (unpaired) electrons. The van der Waals surface area contributed by atoms with Gasteiger partial charge in [0.25, 0.3) is 0 Å². The van der Waals surface area contributed by atoms with Gasteiger partial charge in [-0.05, 0) is 108 Å². The summed E-state index contributed by atoms with van der Waals surface area (Å²) in [6, 6.07) is 48.9. The maximum atomic E-state index is 12.7. The molecule has 17 heteroatoms. The van der Waals surface area contributed by atoms with Gasteiger partial charge in [-0.2, -0.15) is 0 Å². The number of nitrogens with one attached hydrogen (secondary N) is 2. The topological polar surface area (TPSA) is 175 Å². The Kier molecular flexibility index (Phi) is 18.1. The van der Waals surface area contributed by atoms with Crippen LogP contribution in [-0.2, 0) is 29.9 Å². The van der Waals surface area contributed by atoms with E-state index in [1.807, 2.05) is 159 Å². The average Bonchev–Trinajstić information content (AvgIpc) is 4.37. The Bertz CT molecular complexity index is 3190. The molecular weight excluding hydrogens is 1080 g/mol. The fourth-order valence-electron chi connectivity index (χ4n) is 9.07. The Hall–Kier alpha value is -6.36. The zero-order chi connectivity index (χ0) is 53.7. The third kappa shape index (κ3) is 12.8. The van der Waals surface area contributed by atoms with Crippen LogP contribution in [0.5, 0.6) is 11.5 Å². The van der Waals surface area contributed by atoms with E-state index in [4.69, 9.17) is 42.1 Å². The first-order chi connectivity index (χ1) is 36.6. The Labute approximate surface area is 493 Å². The fourth-order valence-corrected chi connectivity index (χ4v) is 11.4. The number of amides is 2. The van der Waals surface area contributed by atoms with Crippen LogP contribution in [0.4, 0.5) is 21.0 Å². The largest absolute Gasteiger partial charge is 2.00 e. The van der Waals surface area contributed by atoms with E-state index in [-0.39, 0.29) is 37.7 Å². The Morgan fingerprint density at radius 3 is 1.16 bits per heavy atom. The van der Waals surface area contributed by atoms with Crippen molar-refractivity contribution in [2.45, 2.75) is 62.6 Å². The SMILES string of the molecule is COc1cc(-c2sc(Cl)cc2NC(=O)O[C@H](C)c2ccccc2)ccc1-c1ccc(C2(C(=O)[O-])CC2)cc1.COc1cc(-c2sc(Cl)cc2NC(=O)O[C@H](C)c2ccccc2)ccc1-c1ccc(C2(C(=O)[O-])CC2)cc1.[Ca+2]. The summed E-state index contributed by atoms with van der Waals surface area (Å²) < 4.78 is 23.6. The minimum absolute atomic E-state index is 0. The van der Waals surface area contributed by atoms with E-state index < -0.39 is 47.2 Å². The van der Waals surface area contributed by atoms with Crippen LogP contribution in [0.25, 0.3) is 43.1 Å². The second kappa shape index (κ2) is 24.5. The predicted octanol–water partition coefficient (Wildman–Crippen LogP) is 13.3. The van der Waals surface area contributed by atoms with Crippen LogP contribution in [0.3, 0.4) is 0 Å². The third-order valence-electron chi connectivity index (χ3n) is 13.7. The molecule has 77 heavy (non-hydrogen) atoms. The number of carbonyl (C=O) groups is 4. The average molecular weight is 1130 g/mol. The van der Waals surface area contributed by atoms with Crippen LogP contribution < -0.4 is 30.3 Å². The van der Waals surface area contributed by atoms with Crippen molar-refractivity contribution < 1.29 is 48.3 Å². The Morgan fingerprint density at radius 1 is 0.506 bits per heavy atom. The second-order valence-corrected chi connectivity index (χ2v) is 21.8. The molecule has 2 aliphatic carbocycles. The summed E-state index contributed by atoms with van der Waals surface area (Å²) in [5.41, 5.74) is 7.83. The maximum Gasteiger partial charge on any atom is 2.00 e. The molecule has 2 aromatic heterocycles. The number of rotatable bonds is 16. The first-order valence-electron chi connectivity index (χ1n) is 24.3. The molecule has 2 N–H and O–H groups in total. The van der Waals surface area contributed by atoms with Gasteiger partial charge in [0.15, 0.2) is 0 Å². The molecule has 2 atom stereocenters. The Morgan fingerprint density at radius 2 is 0.844 bits per heavy atom. The van der Waals surface area contributed by atoms with Crippen LogP contribution in [0.1, 0.15) is 74.0 Å². The first-order valence-corrected chi connectivity index (χ1v) is 26.7. The van der Waals surface area contributed by atoms with Crippen molar-refractivity contribution in [3.63, 3.8) is 0 Å². The van der Waals surface area contributed by atoms with Crippen LogP contribution in [0, 0.1) is 0 Å². The molecule has 0 unspecified atom stereocenters. The number of hydrogen-bond donors (Lipinski definition) is 2. The molecule has 0 saturated heterocycles. The van der Waals surface area contributed by atoms with Gasteiger partial charge in [-0.15, -0.1) is 22.7 Å². The van der Waals surface area contributed by atoms with Gasteiger partial charge >= 0.3 is 49.9 Å². The van der Waals surface area contributed by atoms with Crippen LogP contribution in [-0.4, -0.2) is 76.1 Å². The van der Waals surface area contributed by atoms with E-state index in [1.54, 1.807) is 26.4 Å². The molecule has 10 rings (SSSR count). The van der Waals surface area contributed by atoms with Gasteiger partial charge in [0.2, 0.25) is 0 Å².